The third-order valence-corrected chi connectivity index (χ3v) is 6.49. The van der Waals surface area contributed by atoms with Gasteiger partial charge in [0.1, 0.15) is 0 Å². The summed E-state index contributed by atoms with van der Waals surface area (Å²) in [5.74, 6) is 0.190. The minimum absolute atomic E-state index is 0.00595. The van der Waals surface area contributed by atoms with Crippen LogP contribution in [0.25, 0.3) is 10.9 Å². The van der Waals surface area contributed by atoms with Gasteiger partial charge in [-0.2, -0.15) is 0 Å². The molecule has 0 saturated carbocycles. The van der Waals surface area contributed by atoms with Gasteiger partial charge in [0.25, 0.3) is 5.69 Å². The second-order valence-corrected chi connectivity index (χ2v) is 8.34. The lowest BCUT2D eigenvalue weighted by molar-refractivity contribution is -0.384. The average Bonchev–Trinajstić information content (AvgIpc) is 3.17. The molecule has 0 saturated heterocycles. The number of para-hydroxylation sites is 1. The van der Waals surface area contributed by atoms with Crippen molar-refractivity contribution in [3.05, 3.63) is 75.5 Å². The highest BCUT2D eigenvalue weighted by Crippen LogP contribution is 2.40. The number of hydrogen-bond donors (Lipinski definition) is 1. The molecule has 1 aliphatic heterocycles. The van der Waals surface area contributed by atoms with Crippen LogP contribution in [0.5, 0.6) is 0 Å². The molecule has 4 rings (SSSR count). The largest absolute Gasteiger partial charge is 0.356 e. The number of non-ortho nitro benzene ring substituents is 1. The van der Waals surface area contributed by atoms with Crippen LogP contribution in [0.4, 0.5) is 5.69 Å². The molecular formula is C25H29N3O3. The maximum Gasteiger partial charge on any atom is 0.269 e. The minimum atomic E-state index is -0.389. The fraction of sp³-hybridized carbons (Fsp3) is 0.400. The zero-order valence-electron chi connectivity index (χ0n) is 18.1. The molecule has 0 fully saturated rings. The Balaban J connectivity index is 1.79. The number of carbonyl (C=O) groups excluding carboxylic acids is 1. The molecule has 2 heterocycles. The SMILES string of the molecule is CCCCC(CC)C(=O)N1CCc2c([nH]c3ccccc23)C1c1ccc([N+](=O)[O-])cc1. The third kappa shape index (κ3) is 3.94. The van der Waals surface area contributed by atoms with Crippen molar-refractivity contribution in [1.82, 2.24) is 9.88 Å². The highest BCUT2D eigenvalue weighted by Gasteiger charge is 2.36. The Kier molecular flexibility index (Phi) is 6.07. The van der Waals surface area contributed by atoms with E-state index in [4.69, 9.17) is 0 Å². The average molecular weight is 420 g/mol. The van der Waals surface area contributed by atoms with Crippen LogP contribution in [0.3, 0.4) is 0 Å². The van der Waals surface area contributed by atoms with Gasteiger partial charge in [0.2, 0.25) is 5.91 Å². The molecule has 6 nitrogen and oxygen atoms in total. The van der Waals surface area contributed by atoms with Crippen molar-refractivity contribution >= 4 is 22.5 Å². The zero-order chi connectivity index (χ0) is 22.0. The first-order valence-electron chi connectivity index (χ1n) is 11.2. The lowest BCUT2D eigenvalue weighted by atomic mass is 9.89. The Labute approximate surface area is 182 Å². The molecule has 162 valence electrons. The van der Waals surface area contributed by atoms with Crippen molar-refractivity contribution in [3.63, 3.8) is 0 Å². The number of nitro groups is 1. The number of nitrogens with zero attached hydrogens (tertiary/aromatic N) is 2. The van der Waals surface area contributed by atoms with Crippen molar-refractivity contribution in [1.29, 1.82) is 0 Å². The Bertz CT molecular complexity index is 1090. The number of hydrogen-bond acceptors (Lipinski definition) is 3. The van der Waals surface area contributed by atoms with Gasteiger partial charge in [0.05, 0.1) is 11.0 Å². The van der Waals surface area contributed by atoms with Crippen LogP contribution in [0.15, 0.2) is 48.5 Å². The van der Waals surface area contributed by atoms with Gasteiger partial charge in [-0.25, -0.2) is 0 Å². The highest BCUT2D eigenvalue weighted by atomic mass is 16.6. The molecule has 1 aliphatic rings. The van der Waals surface area contributed by atoms with E-state index in [1.165, 1.54) is 23.1 Å². The first-order valence-corrected chi connectivity index (χ1v) is 11.2. The van der Waals surface area contributed by atoms with Gasteiger partial charge in [0, 0.05) is 41.2 Å². The smallest absolute Gasteiger partial charge is 0.269 e. The fourth-order valence-electron chi connectivity index (χ4n) is 4.79. The maximum atomic E-state index is 13.6. The summed E-state index contributed by atoms with van der Waals surface area (Å²) in [6.45, 7) is 4.88. The molecule has 0 aliphatic carbocycles. The molecule has 2 aromatic carbocycles. The van der Waals surface area contributed by atoms with Gasteiger partial charge >= 0.3 is 0 Å². The van der Waals surface area contributed by atoms with E-state index in [1.807, 2.05) is 17.0 Å². The van der Waals surface area contributed by atoms with Gasteiger partial charge in [0.15, 0.2) is 0 Å². The number of nitro benzene ring substituents is 1. The van der Waals surface area contributed by atoms with Crippen molar-refractivity contribution < 1.29 is 9.72 Å². The van der Waals surface area contributed by atoms with Crippen molar-refractivity contribution in [3.8, 4) is 0 Å². The van der Waals surface area contributed by atoms with Gasteiger partial charge in [-0.1, -0.05) is 44.9 Å². The van der Waals surface area contributed by atoms with E-state index in [0.717, 1.165) is 48.9 Å². The molecule has 0 radical (unpaired) electrons. The van der Waals surface area contributed by atoms with E-state index >= 15 is 0 Å². The van der Waals surface area contributed by atoms with E-state index in [1.54, 1.807) is 12.1 Å². The topological polar surface area (TPSA) is 79.2 Å². The first-order chi connectivity index (χ1) is 15.0. The van der Waals surface area contributed by atoms with E-state index in [2.05, 4.69) is 31.0 Å². The molecule has 1 N–H and O–H groups in total. The third-order valence-electron chi connectivity index (χ3n) is 6.49. The van der Waals surface area contributed by atoms with E-state index < -0.39 is 0 Å². The number of amides is 1. The monoisotopic (exact) mass is 419 g/mol. The molecule has 2 unspecified atom stereocenters. The maximum absolute atomic E-state index is 13.6. The molecule has 0 spiro atoms. The van der Waals surface area contributed by atoms with Crippen molar-refractivity contribution in [2.24, 2.45) is 5.92 Å². The van der Waals surface area contributed by atoms with Crippen molar-refractivity contribution in [2.75, 3.05) is 6.54 Å². The lowest BCUT2D eigenvalue weighted by Crippen LogP contribution is -2.43. The van der Waals surface area contributed by atoms with E-state index in [-0.39, 0.29) is 28.5 Å². The van der Waals surface area contributed by atoms with Gasteiger partial charge in [-0.05, 0) is 48.6 Å². The summed E-state index contributed by atoms with van der Waals surface area (Å²) in [6.07, 6.45) is 4.63. The number of fused-ring (bicyclic) bond motifs is 3. The molecule has 1 aromatic heterocycles. The molecule has 0 bridgehead atoms. The standard InChI is InChI=1S/C25H29N3O3/c1-3-5-8-17(4-2)25(29)27-16-15-21-20-9-6-7-10-22(20)26-23(21)24(27)18-11-13-19(14-12-18)28(30)31/h6-7,9-14,17,24,26H,3-5,8,15-16H2,1-2H3. The predicted octanol–water partition coefficient (Wildman–Crippen LogP) is 5.77. The number of aromatic amines is 1. The highest BCUT2D eigenvalue weighted by molar-refractivity contribution is 5.87. The van der Waals surface area contributed by atoms with Crippen LogP contribution in [0.2, 0.25) is 0 Å². The van der Waals surface area contributed by atoms with Crippen molar-refractivity contribution in [2.45, 2.75) is 52.0 Å². The molecular weight excluding hydrogens is 390 g/mol. The van der Waals surface area contributed by atoms with Gasteiger partial charge in [-0.15, -0.1) is 0 Å². The summed E-state index contributed by atoms with van der Waals surface area (Å²) in [4.78, 5) is 29.9. The molecule has 2 atom stereocenters. The van der Waals surface area contributed by atoms with Crippen LogP contribution < -0.4 is 0 Å². The Morgan fingerprint density at radius 1 is 1.19 bits per heavy atom. The Morgan fingerprint density at radius 2 is 1.94 bits per heavy atom. The molecule has 6 heteroatoms. The Morgan fingerprint density at radius 3 is 2.61 bits per heavy atom. The van der Waals surface area contributed by atoms with Crippen LogP contribution in [0, 0.1) is 16.0 Å². The van der Waals surface area contributed by atoms with E-state index in [0.29, 0.717) is 6.54 Å². The van der Waals surface area contributed by atoms with E-state index in [9.17, 15) is 14.9 Å². The van der Waals surface area contributed by atoms with Crippen LogP contribution in [-0.4, -0.2) is 27.3 Å². The number of nitrogens with one attached hydrogen (secondary N) is 1. The zero-order valence-corrected chi connectivity index (χ0v) is 18.1. The summed E-state index contributed by atoms with van der Waals surface area (Å²) in [5.41, 5.74) is 4.29. The van der Waals surface area contributed by atoms with Crippen LogP contribution >= 0.6 is 0 Å². The number of H-pyrrole nitrogens is 1. The van der Waals surface area contributed by atoms with Crippen LogP contribution in [-0.2, 0) is 11.2 Å². The second kappa shape index (κ2) is 8.92. The number of benzene rings is 2. The summed E-state index contributed by atoms with van der Waals surface area (Å²) in [6, 6.07) is 14.6. The lowest BCUT2D eigenvalue weighted by Gasteiger charge is -2.38. The number of unbranched alkanes of at least 4 members (excludes halogenated alkanes) is 1. The fourth-order valence-corrected chi connectivity index (χ4v) is 4.79. The summed E-state index contributed by atoms with van der Waals surface area (Å²) < 4.78 is 0. The summed E-state index contributed by atoms with van der Waals surface area (Å²) >= 11 is 0. The Hall–Kier alpha value is -3.15. The quantitative estimate of drug-likeness (QED) is 0.390. The van der Waals surface area contributed by atoms with Gasteiger partial charge in [-0.3, -0.25) is 14.9 Å². The number of aromatic nitrogens is 1. The predicted molar refractivity (Wildman–Crippen MR) is 122 cm³/mol. The number of rotatable bonds is 7. The first kappa shape index (κ1) is 21.1. The molecule has 1 amide bonds. The summed E-state index contributed by atoms with van der Waals surface area (Å²) in [5, 5.41) is 12.3. The normalized spacial score (nSPS) is 16.8. The minimum Gasteiger partial charge on any atom is -0.356 e. The molecule has 3 aromatic rings. The van der Waals surface area contributed by atoms with Gasteiger partial charge < -0.3 is 9.88 Å². The summed E-state index contributed by atoms with van der Waals surface area (Å²) in [7, 11) is 0. The molecule has 31 heavy (non-hydrogen) atoms. The number of carbonyl (C=O) groups is 1. The second-order valence-electron chi connectivity index (χ2n) is 8.34. The van der Waals surface area contributed by atoms with Crippen LogP contribution in [0.1, 0.15) is 62.4 Å².